The fourth-order valence-corrected chi connectivity index (χ4v) is 2.39. The Kier molecular flexibility index (Phi) is 5.60. The molecular formula is C16H22N2O3. The lowest BCUT2D eigenvalue weighted by molar-refractivity contribution is -0.143. The molecule has 0 radical (unpaired) electrons. The van der Waals surface area contributed by atoms with Gasteiger partial charge in [0.1, 0.15) is 0 Å². The van der Waals surface area contributed by atoms with Crippen LogP contribution in [0.15, 0.2) is 18.2 Å². The zero-order valence-corrected chi connectivity index (χ0v) is 12.4. The summed E-state index contributed by atoms with van der Waals surface area (Å²) < 4.78 is 4.84. The number of benzene rings is 1. The number of hydrogen-bond acceptors (Lipinski definition) is 4. The monoisotopic (exact) mass is 290 g/mol. The maximum Gasteiger partial charge on any atom is 0.305 e. The van der Waals surface area contributed by atoms with Crippen molar-refractivity contribution in [3.05, 3.63) is 29.3 Å². The fraction of sp³-hybridized carbons (Fsp3) is 0.500. The van der Waals surface area contributed by atoms with Gasteiger partial charge in [-0.2, -0.15) is 0 Å². The molecule has 5 nitrogen and oxygen atoms in total. The first-order valence-electron chi connectivity index (χ1n) is 7.51. The highest BCUT2D eigenvalue weighted by atomic mass is 16.5. The van der Waals surface area contributed by atoms with E-state index in [1.807, 2.05) is 18.2 Å². The van der Waals surface area contributed by atoms with Crippen molar-refractivity contribution in [2.75, 3.05) is 25.0 Å². The van der Waals surface area contributed by atoms with E-state index in [1.54, 1.807) is 6.92 Å². The van der Waals surface area contributed by atoms with Gasteiger partial charge in [-0.05, 0) is 49.9 Å². The van der Waals surface area contributed by atoms with Crippen molar-refractivity contribution in [3.63, 3.8) is 0 Å². The standard InChI is InChI=1S/C16H22N2O3/c1-2-21-15(19)6-4-10-18-16(20)13-7-8-14-12(11-13)5-3-9-17-14/h7-8,11,17H,2-6,9-10H2,1H3,(H,18,20). The van der Waals surface area contributed by atoms with Crippen LogP contribution in [-0.2, 0) is 16.0 Å². The van der Waals surface area contributed by atoms with E-state index in [2.05, 4.69) is 10.6 Å². The summed E-state index contributed by atoms with van der Waals surface area (Å²) in [5.41, 5.74) is 2.99. The summed E-state index contributed by atoms with van der Waals surface area (Å²) in [6.45, 7) is 3.65. The van der Waals surface area contributed by atoms with E-state index in [0.29, 0.717) is 31.6 Å². The number of amides is 1. The van der Waals surface area contributed by atoms with Crippen molar-refractivity contribution in [3.8, 4) is 0 Å². The van der Waals surface area contributed by atoms with Gasteiger partial charge >= 0.3 is 5.97 Å². The Labute approximate surface area is 125 Å². The van der Waals surface area contributed by atoms with Gasteiger partial charge in [0.25, 0.3) is 5.91 Å². The summed E-state index contributed by atoms with van der Waals surface area (Å²) in [7, 11) is 0. The van der Waals surface area contributed by atoms with E-state index in [-0.39, 0.29) is 11.9 Å². The minimum Gasteiger partial charge on any atom is -0.466 e. The Balaban J connectivity index is 1.79. The van der Waals surface area contributed by atoms with Crippen molar-refractivity contribution in [2.45, 2.75) is 32.6 Å². The molecule has 0 spiro atoms. The summed E-state index contributed by atoms with van der Waals surface area (Å²) in [6.07, 6.45) is 3.03. The number of carbonyl (C=O) groups is 2. The quantitative estimate of drug-likeness (QED) is 0.622. The van der Waals surface area contributed by atoms with E-state index < -0.39 is 0 Å². The first-order chi connectivity index (χ1) is 10.2. The molecule has 0 aromatic heterocycles. The molecule has 0 saturated carbocycles. The predicted molar refractivity (Wildman–Crippen MR) is 81.5 cm³/mol. The van der Waals surface area contributed by atoms with Crippen LogP contribution in [0.25, 0.3) is 0 Å². The lowest BCUT2D eigenvalue weighted by Gasteiger charge is -2.18. The average molecular weight is 290 g/mol. The van der Waals surface area contributed by atoms with Gasteiger partial charge in [0.05, 0.1) is 6.61 Å². The maximum atomic E-state index is 12.1. The third-order valence-corrected chi connectivity index (χ3v) is 3.45. The topological polar surface area (TPSA) is 67.4 Å². The second-order valence-corrected chi connectivity index (χ2v) is 5.07. The normalized spacial score (nSPS) is 13.0. The number of aryl methyl sites for hydroxylation is 1. The highest BCUT2D eigenvalue weighted by Gasteiger charge is 2.12. The number of hydrogen-bond donors (Lipinski definition) is 2. The second-order valence-electron chi connectivity index (χ2n) is 5.07. The minimum absolute atomic E-state index is 0.0905. The lowest BCUT2D eigenvalue weighted by atomic mass is 10.0. The zero-order chi connectivity index (χ0) is 15.1. The second kappa shape index (κ2) is 7.67. The van der Waals surface area contributed by atoms with Crippen LogP contribution in [0.5, 0.6) is 0 Å². The SMILES string of the molecule is CCOC(=O)CCCNC(=O)c1ccc2c(c1)CCCN2. The van der Waals surface area contributed by atoms with Crippen molar-refractivity contribution in [1.29, 1.82) is 0 Å². The van der Waals surface area contributed by atoms with Crippen LogP contribution in [0, 0.1) is 0 Å². The molecule has 21 heavy (non-hydrogen) atoms. The third-order valence-electron chi connectivity index (χ3n) is 3.45. The van der Waals surface area contributed by atoms with Crippen LogP contribution in [-0.4, -0.2) is 31.6 Å². The van der Waals surface area contributed by atoms with Gasteiger partial charge in [0.15, 0.2) is 0 Å². The average Bonchev–Trinajstić information content (AvgIpc) is 2.51. The largest absolute Gasteiger partial charge is 0.466 e. The van der Waals surface area contributed by atoms with Crippen LogP contribution in [0.4, 0.5) is 5.69 Å². The summed E-state index contributed by atoms with van der Waals surface area (Å²) >= 11 is 0. The maximum absolute atomic E-state index is 12.1. The van der Waals surface area contributed by atoms with Gasteiger partial charge in [-0.1, -0.05) is 0 Å². The molecule has 0 bridgehead atoms. The summed E-state index contributed by atoms with van der Waals surface area (Å²) in [4.78, 5) is 23.2. The summed E-state index contributed by atoms with van der Waals surface area (Å²) in [5.74, 6) is -0.307. The van der Waals surface area contributed by atoms with E-state index in [9.17, 15) is 9.59 Å². The highest BCUT2D eigenvalue weighted by Crippen LogP contribution is 2.22. The Morgan fingerprint density at radius 3 is 3.05 bits per heavy atom. The molecular weight excluding hydrogens is 268 g/mol. The fourth-order valence-electron chi connectivity index (χ4n) is 2.39. The molecule has 1 aromatic rings. The molecule has 0 atom stereocenters. The van der Waals surface area contributed by atoms with Crippen LogP contribution in [0.1, 0.15) is 42.1 Å². The van der Waals surface area contributed by atoms with Crippen LogP contribution in [0.2, 0.25) is 0 Å². The molecule has 114 valence electrons. The molecule has 0 saturated heterocycles. The minimum atomic E-state index is -0.216. The van der Waals surface area contributed by atoms with Gasteiger partial charge in [-0.25, -0.2) is 0 Å². The van der Waals surface area contributed by atoms with Gasteiger partial charge in [-0.3, -0.25) is 9.59 Å². The Morgan fingerprint density at radius 1 is 1.38 bits per heavy atom. The molecule has 0 unspecified atom stereocenters. The number of fused-ring (bicyclic) bond motifs is 1. The third kappa shape index (κ3) is 4.48. The molecule has 2 N–H and O–H groups in total. The number of nitrogens with one attached hydrogen (secondary N) is 2. The Morgan fingerprint density at radius 2 is 2.24 bits per heavy atom. The first kappa shape index (κ1) is 15.4. The molecule has 1 aliphatic rings. The molecule has 0 aliphatic carbocycles. The van der Waals surface area contributed by atoms with Crippen molar-refractivity contribution < 1.29 is 14.3 Å². The molecule has 1 aromatic carbocycles. The van der Waals surface area contributed by atoms with Crippen molar-refractivity contribution >= 4 is 17.6 Å². The number of carbonyl (C=O) groups excluding carboxylic acids is 2. The van der Waals surface area contributed by atoms with Gasteiger partial charge < -0.3 is 15.4 Å². The first-order valence-corrected chi connectivity index (χ1v) is 7.51. The number of esters is 1. The molecule has 2 rings (SSSR count). The van der Waals surface area contributed by atoms with Gasteiger partial charge in [-0.15, -0.1) is 0 Å². The van der Waals surface area contributed by atoms with Crippen molar-refractivity contribution in [1.82, 2.24) is 5.32 Å². The van der Waals surface area contributed by atoms with E-state index in [0.717, 1.165) is 25.1 Å². The Hall–Kier alpha value is -2.04. The lowest BCUT2D eigenvalue weighted by Crippen LogP contribution is -2.25. The molecule has 5 heteroatoms. The molecule has 1 heterocycles. The van der Waals surface area contributed by atoms with Gasteiger partial charge in [0.2, 0.25) is 0 Å². The van der Waals surface area contributed by atoms with Crippen LogP contribution < -0.4 is 10.6 Å². The molecule has 0 fully saturated rings. The van der Waals surface area contributed by atoms with E-state index in [1.165, 1.54) is 5.56 Å². The Bertz CT molecular complexity index is 514. The van der Waals surface area contributed by atoms with Crippen LogP contribution in [0.3, 0.4) is 0 Å². The molecule has 1 aliphatic heterocycles. The summed E-state index contributed by atoms with van der Waals surface area (Å²) in [5, 5.41) is 6.16. The zero-order valence-electron chi connectivity index (χ0n) is 12.4. The van der Waals surface area contributed by atoms with Crippen molar-refractivity contribution in [2.24, 2.45) is 0 Å². The summed E-state index contributed by atoms with van der Waals surface area (Å²) in [6, 6.07) is 5.74. The predicted octanol–water partition coefficient (Wildman–Crippen LogP) is 2.12. The van der Waals surface area contributed by atoms with E-state index in [4.69, 9.17) is 4.74 Å². The smallest absolute Gasteiger partial charge is 0.305 e. The van der Waals surface area contributed by atoms with Crippen LogP contribution >= 0.6 is 0 Å². The highest BCUT2D eigenvalue weighted by molar-refractivity contribution is 5.95. The number of rotatable bonds is 6. The number of ether oxygens (including phenoxy) is 1. The van der Waals surface area contributed by atoms with E-state index >= 15 is 0 Å². The molecule has 1 amide bonds. The van der Waals surface area contributed by atoms with Gasteiger partial charge in [0, 0.05) is 30.8 Å². The number of anilines is 1.